The molecule has 11 heavy (non-hydrogen) atoms. The highest BCUT2D eigenvalue weighted by Crippen LogP contribution is 2.18. The van der Waals surface area contributed by atoms with E-state index in [9.17, 15) is 0 Å². The van der Waals surface area contributed by atoms with Crippen molar-refractivity contribution in [2.24, 2.45) is 5.41 Å². The molecule has 0 rings (SSSR count). The highest BCUT2D eigenvalue weighted by atomic mass is 14.1. The molecule has 0 aliphatic rings. The molecule has 64 valence electrons. The van der Waals surface area contributed by atoms with Crippen LogP contribution >= 0.6 is 0 Å². The molecule has 0 heterocycles. The fourth-order valence-electron chi connectivity index (χ4n) is 0.801. The van der Waals surface area contributed by atoms with Gasteiger partial charge >= 0.3 is 0 Å². The van der Waals surface area contributed by atoms with Crippen molar-refractivity contribution in [3.05, 3.63) is 37.0 Å². The van der Waals surface area contributed by atoms with Gasteiger partial charge in [0.05, 0.1) is 0 Å². The molecule has 0 aromatic rings. The molecule has 0 saturated carbocycles. The zero-order chi connectivity index (χ0) is 8.04. The summed E-state index contributed by atoms with van der Waals surface area (Å²) in [5, 5.41) is 0. The zero-order valence-corrected chi connectivity index (χ0v) is 7.09. The number of hydrogen-bond acceptors (Lipinski definition) is 0. The third-order valence-corrected chi connectivity index (χ3v) is 1.26. The van der Waals surface area contributed by atoms with Gasteiger partial charge in [0.1, 0.15) is 0 Å². The fourth-order valence-corrected chi connectivity index (χ4v) is 0.801. The Hall–Kier alpha value is -0.780. The van der Waals surface area contributed by atoms with E-state index in [-0.39, 0.29) is 12.8 Å². The van der Waals surface area contributed by atoms with Gasteiger partial charge in [0.25, 0.3) is 0 Å². The lowest BCUT2D eigenvalue weighted by atomic mass is 9.92. The summed E-state index contributed by atoms with van der Waals surface area (Å²) >= 11 is 0. The summed E-state index contributed by atoms with van der Waals surface area (Å²) in [6, 6.07) is 0. The molecule has 0 N–H and O–H groups in total. The van der Waals surface area contributed by atoms with E-state index in [0.717, 1.165) is 0 Å². The second-order valence-electron chi connectivity index (χ2n) is 2.92. The zero-order valence-electron chi connectivity index (χ0n) is 7.09. The minimum absolute atomic E-state index is 0. The quantitative estimate of drug-likeness (QED) is 0.424. The van der Waals surface area contributed by atoms with E-state index in [0.29, 0.717) is 0 Å². The second-order valence-corrected chi connectivity index (χ2v) is 2.92. The lowest BCUT2D eigenvalue weighted by Crippen LogP contribution is -2.00. The van der Waals surface area contributed by atoms with Crippen LogP contribution in [0.25, 0.3) is 0 Å². The maximum atomic E-state index is 3.61. The van der Waals surface area contributed by atoms with Crippen LogP contribution < -0.4 is 0 Å². The summed E-state index contributed by atoms with van der Waals surface area (Å²) < 4.78 is 0. The predicted molar refractivity (Wildman–Crippen MR) is 54.7 cm³/mol. The molecule has 0 unspecified atom stereocenters. The average Bonchev–Trinajstić information content (AvgIpc) is 1.84. The van der Waals surface area contributed by atoms with Gasteiger partial charge in [0.15, 0.2) is 0 Å². The van der Waals surface area contributed by atoms with E-state index in [1.807, 2.05) is 13.0 Å². The Morgan fingerprint density at radius 3 is 2.09 bits per heavy atom. The Balaban J connectivity index is 0. The summed E-state index contributed by atoms with van der Waals surface area (Å²) in [7, 11) is 0. The number of allylic oxidation sites excluding steroid dienone is 5. The Labute approximate surface area is 71.3 Å². The van der Waals surface area contributed by atoms with Gasteiger partial charge in [-0.1, -0.05) is 58.2 Å². The van der Waals surface area contributed by atoms with E-state index in [2.05, 4.69) is 38.7 Å². The van der Waals surface area contributed by atoms with E-state index in [4.69, 9.17) is 0 Å². The van der Waals surface area contributed by atoms with Gasteiger partial charge in [0, 0.05) is 5.41 Å². The number of rotatable bonds is 3. The van der Waals surface area contributed by atoms with Crippen LogP contribution in [0.1, 0.15) is 28.2 Å². The maximum absolute atomic E-state index is 3.61. The molecule has 0 aliphatic heterocycles. The first-order valence-electron chi connectivity index (χ1n) is 3.56. The lowest BCUT2D eigenvalue weighted by Gasteiger charge is -2.12. The van der Waals surface area contributed by atoms with E-state index >= 15 is 0 Å². The molecule has 0 saturated heterocycles. The first-order chi connectivity index (χ1) is 4.62. The first-order valence-corrected chi connectivity index (χ1v) is 3.56. The molecule has 0 heteroatoms. The molecular weight excluding hydrogens is 132 g/mol. The van der Waals surface area contributed by atoms with Crippen molar-refractivity contribution in [3.8, 4) is 0 Å². The van der Waals surface area contributed by atoms with Crippen LogP contribution in [-0.4, -0.2) is 0 Å². The molecule has 0 radical (unpaired) electrons. The lowest BCUT2D eigenvalue weighted by molar-refractivity contribution is 0.625. The molecule has 0 nitrogen and oxygen atoms in total. The van der Waals surface area contributed by atoms with Crippen molar-refractivity contribution in [2.45, 2.75) is 28.2 Å². The first kappa shape index (κ1) is 12.9. The van der Waals surface area contributed by atoms with Crippen LogP contribution in [0.15, 0.2) is 37.0 Å². The molecule has 0 amide bonds. The molecule has 0 aliphatic carbocycles. The van der Waals surface area contributed by atoms with E-state index in [1.54, 1.807) is 6.08 Å². The van der Waals surface area contributed by atoms with Gasteiger partial charge in [-0.05, 0) is 6.92 Å². The van der Waals surface area contributed by atoms with Gasteiger partial charge < -0.3 is 0 Å². The molecule has 0 aromatic carbocycles. The molecule has 0 aromatic heterocycles. The van der Waals surface area contributed by atoms with Crippen LogP contribution in [0.2, 0.25) is 0 Å². The topological polar surface area (TPSA) is 0 Å². The summed E-state index contributed by atoms with van der Waals surface area (Å²) in [5.41, 5.74) is 0.170. The van der Waals surface area contributed by atoms with Crippen molar-refractivity contribution in [1.29, 1.82) is 0 Å². The average molecular weight is 152 g/mol. The van der Waals surface area contributed by atoms with Gasteiger partial charge in [-0.3, -0.25) is 0 Å². The van der Waals surface area contributed by atoms with Crippen molar-refractivity contribution in [3.63, 3.8) is 0 Å². The fraction of sp³-hybridized carbons (Fsp3) is 0.455. The molecule has 0 atom stereocenters. The van der Waals surface area contributed by atoms with E-state index < -0.39 is 0 Å². The SMILES string of the molecule is C.C=C/C=C\C(C)(C)/C=C\C. The highest BCUT2D eigenvalue weighted by Gasteiger charge is 2.05. The van der Waals surface area contributed by atoms with Crippen molar-refractivity contribution < 1.29 is 0 Å². The van der Waals surface area contributed by atoms with Crippen LogP contribution in [-0.2, 0) is 0 Å². The third-order valence-electron chi connectivity index (χ3n) is 1.26. The summed E-state index contributed by atoms with van der Waals surface area (Å²) in [4.78, 5) is 0. The van der Waals surface area contributed by atoms with Crippen LogP contribution in [0.3, 0.4) is 0 Å². The van der Waals surface area contributed by atoms with Crippen LogP contribution in [0.4, 0.5) is 0 Å². The monoisotopic (exact) mass is 152 g/mol. The van der Waals surface area contributed by atoms with Crippen LogP contribution in [0.5, 0.6) is 0 Å². The minimum Gasteiger partial charge on any atom is -0.0991 e. The summed E-state index contributed by atoms with van der Waals surface area (Å²) in [6.45, 7) is 9.96. The molecule has 0 spiro atoms. The van der Waals surface area contributed by atoms with Gasteiger partial charge in [-0.2, -0.15) is 0 Å². The molecular formula is C11H20. The smallest absolute Gasteiger partial charge is 0.000741 e. The van der Waals surface area contributed by atoms with Gasteiger partial charge in [-0.15, -0.1) is 0 Å². The standard InChI is InChI=1S/C10H16.CH4/c1-5-7-9-10(3,4)8-6-2;/h5-9H,1H2,2-4H3;1H4/b8-6-,9-7-;. The van der Waals surface area contributed by atoms with Crippen LogP contribution in [0, 0.1) is 5.41 Å². The largest absolute Gasteiger partial charge is 0.0991 e. The molecule has 0 bridgehead atoms. The highest BCUT2D eigenvalue weighted by molar-refractivity contribution is 5.10. The minimum atomic E-state index is 0. The van der Waals surface area contributed by atoms with Crippen molar-refractivity contribution >= 4 is 0 Å². The third kappa shape index (κ3) is 7.11. The Kier molecular flexibility index (Phi) is 6.97. The number of hydrogen-bond donors (Lipinski definition) is 0. The van der Waals surface area contributed by atoms with E-state index in [1.165, 1.54) is 0 Å². The van der Waals surface area contributed by atoms with Crippen molar-refractivity contribution in [1.82, 2.24) is 0 Å². The van der Waals surface area contributed by atoms with Gasteiger partial charge in [0.2, 0.25) is 0 Å². The summed E-state index contributed by atoms with van der Waals surface area (Å²) in [5.74, 6) is 0. The van der Waals surface area contributed by atoms with Gasteiger partial charge in [-0.25, -0.2) is 0 Å². The van der Waals surface area contributed by atoms with Crippen molar-refractivity contribution in [2.75, 3.05) is 0 Å². The predicted octanol–water partition coefficient (Wildman–Crippen LogP) is 3.97. The normalized spacial score (nSPS) is 11.9. The summed E-state index contributed by atoms with van der Waals surface area (Å²) in [6.07, 6.45) is 10.1. The molecule has 0 fully saturated rings. The Morgan fingerprint density at radius 1 is 1.18 bits per heavy atom. The Bertz CT molecular complexity index is 147. The maximum Gasteiger partial charge on any atom is 0.000741 e. The second kappa shape index (κ2) is 5.96. The Morgan fingerprint density at radius 2 is 1.73 bits per heavy atom.